The molecule has 0 aliphatic carbocycles. The Balaban J connectivity index is 1.73. The Hall–Kier alpha value is -1.55. The standard InChI is InChI=1S/C20H31N3O/c1-2-24-19-11-9-18(10-12-19)21-20(23-15-7-4-8-16-23)17-22-13-5-3-6-14-22/h9-12H,2-8,13-17H2,1H3. The number of likely N-dealkylation sites (tertiary alicyclic amines) is 2. The maximum absolute atomic E-state index is 5.54. The van der Waals surface area contributed by atoms with Gasteiger partial charge in [-0.25, -0.2) is 4.99 Å². The number of hydrogen-bond donors (Lipinski definition) is 0. The van der Waals surface area contributed by atoms with Gasteiger partial charge in [0.05, 0.1) is 18.8 Å². The summed E-state index contributed by atoms with van der Waals surface area (Å²) in [5.74, 6) is 2.17. The molecular formula is C20H31N3O. The van der Waals surface area contributed by atoms with E-state index in [4.69, 9.17) is 9.73 Å². The number of rotatable bonds is 5. The van der Waals surface area contributed by atoms with Crippen LogP contribution in [-0.4, -0.2) is 55.0 Å². The molecule has 0 amide bonds. The molecule has 24 heavy (non-hydrogen) atoms. The van der Waals surface area contributed by atoms with Gasteiger partial charge in [-0.05, 0) is 76.4 Å². The van der Waals surface area contributed by atoms with Crippen LogP contribution in [0.15, 0.2) is 29.3 Å². The van der Waals surface area contributed by atoms with Gasteiger partial charge in [0.1, 0.15) is 11.6 Å². The van der Waals surface area contributed by atoms with E-state index >= 15 is 0 Å². The lowest BCUT2D eigenvalue weighted by Gasteiger charge is -2.34. The quantitative estimate of drug-likeness (QED) is 0.602. The van der Waals surface area contributed by atoms with Crippen LogP contribution in [0.5, 0.6) is 5.75 Å². The molecule has 2 saturated heterocycles. The molecule has 4 heteroatoms. The van der Waals surface area contributed by atoms with Gasteiger partial charge in [-0.15, -0.1) is 0 Å². The third-order valence-corrected chi connectivity index (χ3v) is 4.94. The Bertz CT molecular complexity index is 514. The number of ether oxygens (including phenoxy) is 1. The van der Waals surface area contributed by atoms with E-state index in [2.05, 4.69) is 21.9 Å². The topological polar surface area (TPSA) is 28.1 Å². The van der Waals surface area contributed by atoms with E-state index in [1.165, 1.54) is 57.5 Å². The zero-order valence-corrected chi connectivity index (χ0v) is 15.0. The predicted octanol–water partition coefficient (Wildman–Crippen LogP) is 4.09. The molecular weight excluding hydrogens is 298 g/mol. The van der Waals surface area contributed by atoms with Crippen LogP contribution in [0, 0.1) is 0 Å². The van der Waals surface area contributed by atoms with Gasteiger partial charge < -0.3 is 9.64 Å². The van der Waals surface area contributed by atoms with Crippen molar-refractivity contribution in [2.45, 2.75) is 45.4 Å². The van der Waals surface area contributed by atoms with Crippen molar-refractivity contribution in [3.05, 3.63) is 24.3 Å². The van der Waals surface area contributed by atoms with Crippen LogP contribution >= 0.6 is 0 Å². The van der Waals surface area contributed by atoms with Gasteiger partial charge in [-0.1, -0.05) is 6.42 Å². The molecule has 2 fully saturated rings. The van der Waals surface area contributed by atoms with E-state index < -0.39 is 0 Å². The van der Waals surface area contributed by atoms with Crippen LogP contribution in [0.1, 0.15) is 45.4 Å². The summed E-state index contributed by atoms with van der Waals surface area (Å²) in [7, 11) is 0. The van der Waals surface area contributed by atoms with Gasteiger partial charge in [0.25, 0.3) is 0 Å². The Labute approximate surface area is 146 Å². The normalized spacial score (nSPS) is 20.2. The lowest BCUT2D eigenvalue weighted by atomic mass is 10.1. The maximum atomic E-state index is 5.54. The fraction of sp³-hybridized carbons (Fsp3) is 0.650. The largest absolute Gasteiger partial charge is 0.494 e. The minimum Gasteiger partial charge on any atom is -0.494 e. The summed E-state index contributed by atoms with van der Waals surface area (Å²) >= 11 is 0. The molecule has 0 saturated carbocycles. The van der Waals surface area contributed by atoms with E-state index in [1.54, 1.807) is 0 Å². The summed E-state index contributed by atoms with van der Waals surface area (Å²) in [5, 5.41) is 0. The number of aliphatic imine (C=N–C) groups is 1. The number of benzene rings is 1. The average Bonchev–Trinajstić information content (AvgIpc) is 2.65. The van der Waals surface area contributed by atoms with Crippen molar-refractivity contribution in [3.63, 3.8) is 0 Å². The summed E-state index contributed by atoms with van der Waals surface area (Å²) in [6.45, 7) is 8.46. The molecule has 132 valence electrons. The Morgan fingerprint density at radius 3 is 2.17 bits per heavy atom. The lowest BCUT2D eigenvalue weighted by Crippen LogP contribution is -2.44. The van der Waals surface area contributed by atoms with E-state index in [-0.39, 0.29) is 0 Å². The predicted molar refractivity (Wildman–Crippen MR) is 100 cm³/mol. The van der Waals surface area contributed by atoms with Crippen molar-refractivity contribution in [2.24, 2.45) is 4.99 Å². The fourth-order valence-electron chi connectivity index (χ4n) is 3.61. The number of amidine groups is 1. The second-order valence-corrected chi connectivity index (χ2v) is 6.84. The minimum atomic E-state index is 0.705. The first-order valence-electron chi connectivity index (χ1n) is 9.63. The monoisotopic (exact) mass is 329 g/mol. The molecule has 0 unspecified atom stereocenters. The van der Waals surface area contributed by atoms with Crippen LogP contribution in [0.2, 0.25) is 0 Å². The van der Waals surface area contributed by atoms with Crippen molar-refractivity contribution in [2.75, 3.05) is 39.3 Å². The van der Waals surface area contributed by atoms with Crippen LogP contribution in [0.25, 0.3) is 0 Å². The molecule has 2 aliphatic rings. The summed E-state index contributed by atoms with van der Waals surface area (Å²) in [5.41, 5.74) is 1.04. The third-order valence-electron chi connectivity index (χ3n) is 4.94. The SMILES string of the molecule is CCOc1ccc(N=C(CN2CCCCC2)N2CCCCC2)cc1. The average molecular weight is 329 g/mol. The first-order valence-corrected chi connectivity index (χ1v) is 9.63. The molecule has 1 aromatic carbocycles. The van der Waals surface area contributed by atoms with Crippen LogP contribution in [0.3, 0.4) is 0 Å². The second kappa shape index (κ2) is 9.07. The van der Waals surface area contributed by atoms with Crippen molar-refractivity contribution in [1.82, 2.24) is 9.80 Å². The molecule has 0 N–H and O–H groups in total. The van der Waals surface area contributed by atoms with Crippen molar-refractivity contribution in [1.29, 1.82) is 0 Å². The van der Waals surface area contributed by atoms with Crippen molar-refractivity contribution < 1.29 is 4.74 Å². The fourth-order valence-corrected chi connectivity index (χ4v) is 3.61. The molecule has 3 rings (SSSR count). The van der Waals surface area contributed by atoms with Crippen molar-refractivity contribution >= 4 is 11.5 Å². The first-order chi connectivity index (χ1) is 11.8. The van der Waals surface area contributed by atoms with Crippen molar-refractivity contribution in [3.8, 4) is 5.75 Å². The number of nitrogens with zero attached hydrogens (tertiary/aromatic N) is 3. The van der Waals surface area contributed by atoms with Gasteiger partial charge in [0, 0.05) is 13.1 Å². The maximum Gasteiger partial charge on any atom is 0.119 e. The summed E-state index contributed by atoms with van der Waals surface area (Å²) in [4.78, 5) is 10.1. The Morgan fingerprint density at radius 1 is 0.917 bits per heavy atom. The minimum absolute atomic E-state index is 0.705. The van der Waals surface area contributed by atoms with Crippen LogP contribution in [0.4, 0.5) is 5.69 Å². The molecule has 0 aromatic heterocycles. The van der Waals surface area contributed by atoms with Gasteiger partial charge >= 0.3 is 0 Å². The first kappa shape index (κ1) is 17.3. The molecule has 4 nitrogen and oxygen atoms in total. The molecule has 2 aliphatic heterocycles. The van der Waals surface area contributed by atoms with Crippen LogP contribution in [-0.2, 0) is 0 Å². The molecule has 0 atom stereocenters. The Morgan fingerprint density at radius 2 is 1.54 bits per heavy atom. The highest BCUT2D eigenvalue weighted by atomic mass is 16.5. The van der Waals surface area contributed by atoms with E-state index in [0.717, 1.165) is 31.1 Å². The molecule has 0 spiro atoms. The van der Waals surface area contributed by atoms with E-state index in [9.17, 15) is 0 Å². The summed E-state index contributed by atoms with van der Waals surface area (Å²) in [6, 6.07) is 8.20. The number of piperidine rings is 2. The smallest absolute Gasteiger partial charge is 0.119 e. The Kier molecular flexibility index (Phi) is 6.53. The number of hydrogen-bond acceptors (Lipinski definition) is 3. The highest BCUT2D eigenvalue weighted by Crippen LogP contribution is 2.20. The van der Waals surface area contributed by atoms with E-state index in [0.29, 0.717) is 6.61 Å². The van der Waals surface area contributed by atoms with E-state index in [1.807, 2.05) is 19.1 Å². The second-order valence-electron chi connectivity index (χ2n) is 6.84. The van der Waals surface area contributed by atoms with Gasteiger partial charge in [0.15, 0.2) is 0 Å². The molecule has 0 radical (unpaired) electrons. The van der Waals surface area contributed by atoms with Gasteiger partial charge in [-0.2, -0.15) is 0 Å². The molecule has 2 heterocycles. The zero-order chi connectivity index (χ0) is 16.6. The van der Waals surface area contributed by atoms with Crippen LogP contribution < -0.4 is 4.74 Å². The zero-order valence-electron chi connectivity index (χ0n) is 15.0. The molecule has 0 bridgehead atoms. The summed E-state index contributed by atoms with van der Waals surface area (Å²) < 4.78 is 5.54. The lowest BCUT2D eigenvalue weighted by molar-refractivity contribution is 0.243. The third kappa shape index (κ3) is 4.97. The van der Waals surface area contributed by atoms with Gasteiger partial charge in [-0.3, -0.25) is 4.90 Å². The molecule has 1 aromatic rings. The highest BCUT2D eigenvalue weighted by molar-refractivity contribution is 5.87. The highest BCUT2D eigenvalue weighted by Gasteiger charge is 2.19. The summed E-state index contributed by atoms with van der Waals surface area (Å²) in [6.07, 6.45) is 7.99. The van der Waals surface area contributed by atoms with Gasteiger partial charge in [0.2, 0.25) is 0 Å².